The molecule has 12 atom stereocenters. The molecule has 1 heterocycles. The van der Waals surface area contributed by atoms with Crippen molar-refractivity contribution in [2.75, 3.05) is 6.61 Å². The molecular weight excluding hydrogens is 620 g/mol. The highest BCUT2D eigenvalue weighted by Crippen LogP contribution is 2.75. The average Bonchev–Trinajstić information content (AvgIpc) is 3.21. The fourth-order valence-electron chi connectivity index (χ4n) is 10.3. The maximum atomic E-state index is 13.9. The minimum atomic E-state index is -1.98. The number of rotatable bonds is 7. The van der Waals surface area contributed by atoms with Crippen LogP contribution in [0.1, 0.15) is 88.0 Å². The summed E-state index contributed by atoms with van der Waals surface area (Å²) in [5.74, 6) is -2.88. The van der Waals surface area contributed by atoms with Crippen molar-refractivity contribution in [2.45, 2.75) is 130 Å². The Hall–Kier alpha value is -2.41. The van der Waals surface area contributed by atoms with Gasteiger partial charge < -0.3 is 39.7 Å². The molecule has 0 aromatic heterocycles. The third-order valence-corrected chi connectivity index (χ3v) is 13.0. The first-order chi connectivity index (χ1) is 21.9. The number of ketones is 2. The summed E-state index contributed by atoms with van der Waals surface area (Å²) in [6.45, 7) is 15.6. The van der Waals surface area contributed by atoms with E-state index in [-0.39, 0.29) is 35.4 Å². The third-order valence-electron chi connectivity index (χ3n) is 13.0. The first kappa shape index (κ1) is 36.9. The molecule has 48 heavy (non-hydrogen) atoms. The van der Waals surface area contributed by atoms with Crippen molar-refractivity contribution in [1.29, 1.82) is 0 Å². The van der Waals surface area contributed by atoms with Crippen LogP contribution in [0.5, 0.6) is 0 Å². The highest BCUT2D eigenvalue weighted by molar-refractivity contribution is 6.01. The molecular formula is C37H54O11. The predicted octanol–water partition coefficient (Wildman–Crippen LogP) is 3.47. The molecule has 3 fully saturated rings. The largest absolute Gasteiger partial charge is 0.505 e. The van der Waals surface area contributed by atoms with Gasteiger partial charge in [-0.1, -0.05) is 38.5 Å². The number of fused-ring (bicyclic) bond motifs is 5. The van der Waals surface area contributed by atoms with Crippen molar-refractivity contribution >= 4 is 17.5 Å². The molecule has 5 rings (SSSR count). The Bertz CT molecular complexity index is 1430. The van der Waals surface area contributed by atoms with Crippen LogP contribution in [0, 0.1) is 39.4 Å². The van der Waals surface area contributed by atoms with Crippen molar-refractivity contribution in [3.63, 3.8) is 0 Å². The molecule has 0 radical (unpaired) electrons. The summed E-state index contributed by atoms with van der Waals surface area (Å²) in [6, 6.07) is 0. The maximum Gasteiger partial charge on any atom is 0.303 e. The summed E-state index contributed by atoms with van der Waals surface area (Å²) in [4.78, 5) is 38.9. The van der Waals surface area contributed by atoms with Gasteiger partial charge in [0.05, 0.1) is 23.7 Å². The first-order valence-electron chi connectivity index (χ1n) is 17.1. The lowest BCUT2D eigenvalue weighted by molar-refractivity contribution is -0.294. The van der Waals surface area contributed by atoms with Crippen molar-refractivity contribution < 1.29 is 54.1 Å². The summed E-state index contributed by atoms with van der Waals surface area (Å²) in [6.07, 6.45) is 2.34. The minimum Gasteiger partial charge on any atom is -0.505 e. The van der Waals surface area contributed by atoms with Crippen LogP contribution in [0.3, 0.4) is 0 Å². The van der Waals surface area contributed by atoms with Gasteiger partial charge in [-0.05, 0) is 94.6 Å². The molecule has 1 aliphatic heterocycles. The van der Waals surface area contributed by atoms with E-state index in [1.807, 2.05) is 13.8 Å². The van der Waals surface area contributed by atoms with E-state index in [0.717, 1.165) is 5.57 Å². The molecule has 11 heteroatoms. The molecule has 1 saturated heterocycles. The monoisotopic (exact) mass is 674 g/mol. The minimum absolute atomic E-state index is 0.0246. The van der Waals surface area contributed by atoms with Gasteiger partial charge in [-0.15, -0.1) is 0 Å². The van der Waals surface area contributed by atoms with Crippen LogP contribution >= 0.6 is 0 Å². The molecule has 0 bridgehead atoms. The molecule has 0 aromatic carbocycles. The Morgan fingerprint density at radius 1 is 1.04 bits per heavy atom. The summed E-state index contributed by atoms with van der Waals surface area (Å²) in [5.41, 5.74) is -4.81. The fourth-order valence-corrected chi connectivity index (χ4v) is 10.3. The topological polar surface area (TPSA) is 180 Å². The molecule has 5 N–H and O–H groups in total. The van der Waals surface area contributed by atoms with E-state index in [4.69, 9.17) is 14.2 Å². The molecule has 5 aliphatic rings. The second-order valence-corrected chi connectivity index (χ2v) is 17.0. The van der Waals surface area contributed by atoms with E-state index in [0.29, 0.717) is 25.7 Å². The first-order valence-corrected chi connectivity index (χ1v) is 17.1. The number of ether oxygens (including phenoxy) is 3. The number of aliphatic hydroxyl groups excluding tert-OH is 3. The normalized spacial score (nSPS) is 43.7. The van der Waals surface area contributed by atoms with Crippen molar-refractivity contribution in [3.05, 3.63) is 35.6 Å². The number of aliphatic hydroxyl groups is 5. The Morgan fingerprint density at radius 3 is 2.29 bits per heavy atom. The van der Waals surface area contributed by atoms with Gasteiger partial charge in [-0.3, -0.25) is 14.4 Å². The van der Waals surface area contributed by atoms with E-state index < -0.39 is 75.8 Å². The predicted molar refractivity (Wildman–Crippen MR) is 174 cm³/mol. The van der Waals surface area contributed by atoms with Crippen molar-refractivity contribution in [2.24, 2.45) is 39.4 Å². The quantitative estimate of drug-likeness (QED) is 0.152. The van der Waals surface area contributed by atoms with Gasteiger partial charge in [0.2, 0.25) is 5.78 Å². The van der Waals surface area contributed by atoms with Crippen LogP contribution in [0.25, 0.3) is 0 Å². The van der Waals surface area contributed by atoms with Crippen LogP contribution in [-0.4, -0.2) is 91.6 Å². The highest BCUT2D eigenvalue weighted by Gasteiger charge is 2.73. The van der Waals surface area contributed by atoms with E-state index in [1.165, 1.54) is 39.8 Å². The summed E-state index contributed by atoms with van der Waals surface area (Å²) >= 11 is 0. The summed E-state index contributed by atoms with van der Waals surface area (Å²) in [5, 5.41) is 54.6. The van der Waals surface area contributed by atoms with Gasteiger partial charge in [0.15, 0.2) is 23.9 Å². The Kier molecular flexibility index (Phi) is 9.09. The molecule has 0 spiro atoms. The fraction of sp³-hybridized carbons (Fsp3) is 0.757. The lowest BCUT2D eigenvalue weighted by Gasteiger charge is -2.64. The molecule has 2 saturated carbocycles. The summed E-state index contributed by atoms with van der Waals surface area (Å²) < 4.78 is 17.8. The van der Waals surface area contributed by atoms with E-state index >= 15 is 0 Å². The van der Waals surface area contributed by atoms with Gasteiger partial charge in [-0.2, -0.15) is 0 Å². The lowest BCUT2D eigenvalue weighted by Crippen LogP contribution is -2.61. The molecule has 0 aromatic rings. The molecule has 12 unspecified atom stereocenters. The Morgan fingerprint density at radius 2 is 1.69 bits per heavy atom. The molecule has 0 amide bonds. The van der Waals surface area contributed by atoms with Gasteiger partial charge in [0.25, 0.3) is 0 Å². The van der Waals surface area contributed by atoms with Crippen LogP contribution in [0.15, 0.2) is 35.6 Å². The van der Waals surface area contributed by atoms with Crippen LogP contribution in [0.4, 0.5) is 0 Å². The number of carbonyl (C=O) groups is 3. The van der Waals surface area contributed by atoms with E-state index in [1.54, 1.807) is 6.08 Å². The number of allylic oxidation sites excluding steroid dienone is 4. The number of Topliss-reactive ketones (excluding diaryl/α,β-unsaturated/α-hetero) is 1. The van der Waals surface area contributed by atoms with E-state index in [9.17, 15) is 39.9 Å². The van der Waals surface area contributed by atoms with Crippen LogP contribution < -0.4 is 0 Å². The highest BCUT2D eigenvalue weighted by atomic mass is 16.7. The summed E-state index contributed by atoms with van der Waals surface area (Å²) in [7, 11) is 0. The number of carbonyl (C=O) groups excluding carboxylic acids is 3. The maximum absolute atomic E-state index is 13.9. The van der Waals surface area contributed by atoms with Crippen molar-refractivity contribution in [1.82, 2.24) is 0 Å². The van der Waals surface area contributed by atoms with Gasteiger partial charge in [0, 0.05) is 18.8 Å². The number of hydrogen-bond donors (Lipinski definition) is 5. The Balaban J connectivity index is 1.61. The van der Waals surface area contributed by atoms with Gasteiger partial charge >= 0.3 is 5.97 Å². The molecule has 11 nitrogen and oxygen atoms in total. The third kappa shape index (κ3) is 5.62. The number of hydrogen-bond acceptors (Lipinski definition) is 11. The van der Waals surface area contributed by atoms with Crippen molar-refractivity contribution in [3.8, 4) is 0 Å². The van der Waals surface area contributed by atoms with Gasteiger partial charge in [0.1, 0.15) is 17.8 Å². The van der Waals surface area contributed by atoms with Crippen LogP contribution in [0.2, 0.25) is 0 Å². The lowest BCUT2D eigenvalue weighted by atomic mass is 9.39. The average molecular weight is 675 g/mol. The zero-order chi connectivity index (χ0) is 36.0. The molecule has 4 aliphatic carbocycles. The Labute approximate surface area is 283 Å². The second kappa shape index (κ2) is 11.8. The van der Waals surface area contributed by atoms with Gasteiger partial charge in [-0.25, -0.2) is 0 Å². The smallest absolute Gasteiger partial charge is 0.303 e. The zero-order valence-corrected chi connectivity index (χ0v) is 29.6. The second-order valence-electron chi connectivity index (χ2n) is 17.0. The zero-order valence-electron chi connectivity index (χ0n) is 29.6. The van der Waals surface area contributed by atoms with E-state index in [2.05, 4.69) is 26.8 Å². The van der Waals surface area contributed by atoms with Crippen LogP contribution in [-0.2, 0) is 28.6 Å². The standard InChI is InChI=1S/C37H54O11/c1-19(38)47-28-27(42)23(40)18-46-31(28)48-24-17-36(8)25-11-10-20-21(16-22(39)30(43)33(20,4)5)34(25,6)14-15-35(36,7)29(24)37(9,45)26(41)12-13-32(2,3)44/h10,12-13,16,21,23-25,27-29,31,39-40,42,44-45H,11,14-15,17-18H2,1-9H3. The number of esters is 1. The molecule has 268 valence electrons. The SMILES string of the molecule is CC(=O)OC1C(OC2CC3(C)C4CC=C5C(C=C(O)C(=O)C5(C)C)C4(C)CCC3(C)C2C(C)(O)C(=O)C=CC(C)(C)O)OCC(O)C1O.